The zero-order valence-corrected chi connectivity index (χ0v) is 17.1. The van der Waals surface area contributed by atoms with Gasteiger partial charge in [-0.1, -0.05) is 6.58 Å². The van der Waals surface area contributed by atoms with Gasteiger partial charge in [-0.2, -0.15) is 0 Å². The van der Waals surface area contributed by atoms with E-state index in [1.807, 2.05) is 18.7 Å². The zero-order valence-electron chi connectivity index (χ0n) is 17.1. The molecule has 1 fully saturated rings. The number of fused-ring (bicyclic) bond motifs is 1. The second-order valence-electron chi connectivity index (χ2n) is 7.44. The molecule has 0 saturated carbocycles. The quantitative estimate of drug-likeness (QED) is 0.610. The first kappa shape index (κ1) is 20.8. The maximum atomic E-state index is 12.6. The van der Waals surface area contributed by atoms with Crippen LogP contribution in [0.15, 0.2) is 25.0 Å². The lowest BCUT2D eigenvalue weighted by Gasteiger charge is -2.37. The van der Waals surface area contributed by atoms with Crippen molar-refractivity contribution in [2.45, 2.75) is 44.8 Å². The highest BCUT2D eigenvalue weighted by atomic mass is 16.5. The molecule has 0 unspecified atom stereocenters. The van der Waals surface area contributed by atoms with Crippen molar-refractivity contribution in [3.05, 3.63) is 30.6 Å². The van der Waals surface area contributed by atoms with Gasteiger partial charge in [-0.3, -0.25) is 9.59 Å². The van der Waals surface area contributed by atoms with Crippen LogP contribution < -0.4 is 10.6 Å². The van der Waals surface area contributed by atoms with Crippen LogP contribution in [0.25, 0.3) is 11.2 Å². The number of H-pyrrole nitrogens is 1. The fraction of sp³-hybridized carbons (Fsp3) is 0.500. The maximum Gasteiger partial charge on any atom is 0.255 e. The van der Waals surface area contributed by atoms with Crippen molar-refractivity contribution >= 4 is 28.8 Å². The number of ether oxygens (including phenoxy) is 1. The van der Waals surface area contributed by atoms with Crippen LogP contribution in [-0.4, -0.2) is 70.1 Å². The first-order valence-corrected chi connectivity index (χ1v) is 9.76. The summed E-state index contributed by atoms with van der Waals surface area (Å²) >= 11 is 0. The Morgan fingerprint density at radius 3 is 3.00 bits per heavy atom. The second-order valence-corrected chi connectivity index (χ2v) is 7.44. The summed E-state index contributed by atoms with van der Waals surface area (Å²) in [5, 5.41) is 6.28. The van der Waals surface area contributed by atoms with E-state index >= 15 is 0 Å². The standard InChI is InChI=1S/C20H28N6O3/c1-5-17(27)26-7-6-14(8-13(26)3)24-16-10-22-19-18(25-16)15(9-21-19)20(28)23-12(2)11-29-4/h5,9-10,12-14H,1,6-8,11H2,2-4H3,(H,21,22)(H,23,28)(H,24,25)/t12-,13-,14-/m0/s1. The van der Waals surface area contributed by atoms with Crippen molar-refractivity contribution in [3.63, 3.8) is 0 Å². The Bertz CT molecular complexity index is 895. The maximum absolute atomic E-state index is 12.6. The first-order valence-electron chi connectivity index (χ1n) is 9.76. The van der Waals surface area contributed by atoms with Crippen LogP contribution in [0.1, 0.15) is 37.0 Å². The van der Waals surface area contributed by atoms with Crippen LogP contribution in [-0.2, 0) is 9.53 Å². The minimum atomic E-state index is -0.225. The number of amides is 2. The third-order valence-electron chi connectivity index (χ3n) is 5.11. The van der Waals surface area contributed by atoms with E-state index in [1.54, 1.807) is 19.5 Å². The number of carbonyl (C=O) groups is 2. The number of rotatable bonds is 7. The molecule has 1 aliphatic rings. The summed E-state index contributed by atoms with van der Waals surface area (Å²) < 4.78 is 5.06. The van der Waals surface area contributed by atoms with Gasteiger partial charge in [-0.05, 0) is 32.8 Å². The summed E-state index contributed by atoms with van der Waals surface area (Å²) in [7, 11) is 1.59. The summed E-state index contributed by atoms with van der Waals surface area (Å²) in [6.45, 7) is 8.56. The molecule has 0 aromatic carbocycles. The summed E-state index contributed by atoms with van der Waals surface area (Å²) in [5.74, 6) is 0.344. The van der Waals surface area contributed by atoms with Gasteiger partial charge < -0.3 is 25.3 Å². The van der Waals surface area contributed by atoms with Gasteiger partial charge >= 0.3 is 0 Å². The van der Waals surface area contributed by atoms with Gasteiger partial charge in [-0.25, -0.2) is 9.97 Å². The topological polar surface area (TPSA) is 112 Å². The lowest BCUT2D eigenvalue weighted by molar-refractivity contribution is -0.129. The van der Waals surface area contributed by atoms with E-state index in [4.69, 9.17) is 4.74 Å². The average Bonchev–Trinajstić information content (AvgIpc) is 3.11. The molecule has 9 heteroatoms. The van der Waals surface area contributed by atoms with Gasteiger partial charge in [0.15, 0.2) is 5.65 Å². The minimum Gasteiger partial charge on any atom is -0.383 e. The number of nitrogens with one attached hydrogen (secondary N) is 3. The SMILES string of the molecule is C=CC(=O)N1CC[C@H](Nc2cnc3[nH]cc(C(=O)N[C@@H](C)COC)c3n2)C[C@@H]1C. The van der Waals surface area contributed by atoms with Crippen molar-refractivity contribution in [1.82, 2.24) is 25.2 Å². The molecule has 9 nitrogen and oxygen atoms in total. The number of aromatic amines is 1. The van der Waals surface area contributed by atoms with E-state index in [0.29, 0.717) is 35.7 Å². The average molecular weight is 400 g/mol. The number of hydrogen-bond acceptors (Lipinski definition) is 6. The summed E-state index contributed by atoms with van der Waals surface area (Å²) in [6.07, 6.45) is 6.23. The first-order chi connectivity index (χ1) is 13.9. The number of likely N-dealkylation sites (tertiary alicyclic amines) is 1. The van der Waals surface area contributed by atoms with Gasteiger partial charge in [0.1, 0.15) is 11.3 Å². The minimum absolute atomic E-state index is 0.0390. The van der Waals surface area contributed by atoms with Crippen LogP contribution in [0.4, 0.5) is 5.82 Å². The van der Waals surface area contributed by atoms with Gasteiger partial charge in [0.25, 0.3) is 5.91 Å². The van der Waals surface area contributed by atoms with Gasteiger partial charge in [0.05, 0.1) is 18.4 Å². The molecular weight excluding hydrogens is 372 g/mol. The Kier molecular flexibility index (Phi) is 6.48. The van der Waals surface area contributed by atoms with Crippen molar-refractivity contribution in [3.8, 4) is 0 Å². The molecule has 3 rings (SSSR count). The Hall–Kier alpha value is -2.94. The molecule has 2 amide bonds. The molecule has 3 heterocycles. The number of methoxy groups -OCH3 is 1. The van der Waals surface area contributed by atoms with Crippen LogP contribution in [0.3, 0.4) is 0 Å². The van der Waals surface area contributed by atoms with E-state index in [2.05, 4.69) is 32.2 Å². The fourth-order valence-corrected chi connectivity index (χ4v) is 3.68. The van der Waals surface area contributed by atoms with Crippen molar-refractivity contribution in [1.29, 1.82) is 0 Å². The Morgan fingerprint density at radius 1 is 1.52 bits per heavy atom. The third kappa shape index (κ3) is 4.73. The van der Waals surface area contributed by atoms with Crippen LogP contribution in [0.2, 0.25) is 0 Å². The highest BCUT2D eigenvalue weighted by molar-refractivity contribution is 6.04. The number of carbonyl (C=O) groups excluding carboxylic acids is 2. The zero-order chi connectivity index (χ0) is 21.0. The molecule has 0 radical (unpaired) electrons. The number of aromatic nitrogens is 3. The molecule has 1 aliphatic heterocycles. The molecule has 3 N–H and O–H groups in total. The number of piperidine rings is 1. The van der Waals surface area contributed by atoms with Crippen molar-refractivity contribution < 1.29 is 14.3 Å². The molecule has 0 bridgehead atoms. The summed E-state index contributed by atoms with van der Waals surface area (Å²) in [4.78, 5) is 38.3. The molecule has 1 saturated heterocycles. The largest absolute Gasteiger partial charge is 0.383 e. The Balaban J connectivity index is 1.71. The molecule has 156 valence electrons. The summed E-state index contributed by atoms with van der Waals surface area (Å²) in [6, 6.07) is 0.166. The van der Waals surface area contributed by atoms with E-state index < -0.39 is 0 Å². The lowest BCUT2D eigenvalue weighted by Crippen LogP contribution is -2.47. The Labute approximate surface area is 169 Å². The van der Waals surface area contributed by atoms with E-state index in [1.165, 1.54) is 6.08 Å². The van der Waals surface area contributed by atoms with E-state index in [-0.39, 0.29) is 29.9 Å². The van der Waals surface area contributed by atoms with Crippen molar-refractivity contribution in [2.75, 3.05) is 25.6 Å². The molecule has 0 spiro atoms. The number of hydrogen-bond donors (Lipinski definition) is 3. The smallest absolute Gasteiger partial charge is 0.255 e. The monoisotopic (exact) mass is 400 g/mol. The predicted octanol–water partition coefficient (Wildman–Crippen LogP) is 1.70. The molecule has 0 aliphatic carbocycles. The van der Waals surface area contributed by atoms with Crippen LogP contribution >= 0.6 is 0 Å². The van der Waals surface area contributed by atoms with Crippen LogP contribution in [0.5, 0.6) is 0 Å². The number of anilines is 1. The van der Waals surface area contributed by atoms with E-state index in [0.717, 1.165) is 12.8 Å². The van der Waals surface area contributed by atoms with E-state index in [9.17, 15) is 9.59 Å². The Morgan fingerprint density at radius 2 is 2.31 bits per heavy atom. The molecule has 29 heavy (non-hydrogen) atoms. The molecule has 3 atom stereocenters. The van der Waals surface area contributed by atoms with Gasteiger partial charge in [0, 0.05) is 38.0 Å². The van der Waals surface area contributed by atoms with Gasteiger partial charge in [0.2, 0.25) is 5.91 Å². The lowest BCUT2D eigenvalue weighted by atomic mass is 9.98. The highest BCUT2D eigenvalue weighted by Crippen LogP contribution is 2.22. The molecular formula is C20H28N6O3. The predicted molar refractivity (Wildman–Crippen MR) is 111 cm³/mol. The number of nitrogens with zero attached hydrogens (tertiary/aromatic N) is 3. The normalized spacial score (nSPS) is 20.3. The van der Waals surface area contributed by atoms with Gasteiger partial charge in [-0.15, -0.1) is 0 Å². The summed E-state index contributed by atoms with van der Waals surface area (Å²) in [5.41, 5.74) is 1.52. The third-order valence-corrected chi connectivity index (χ3v) is 5.11. The second kappa shape index (κ2) is 9.04. The van der Waals surface area contributed by atoms with Crippen LogP contribution in [0, 0.1) is 0 Å². The fourth-order valence-electron chi connectivity index (χ4n) is 3.68. The molecule has 2 aromatic heterocycles. The molecule has 2 aromatic rings. The van der Waals surface area contributed by atoms with Crippen molar-refractivity contribution in [2.24, 2.45) is 0 Å². The highest BCUT2D eigenvalue weighted by Gasteiger charge is 2.28.